The van der Waals surface area contributed by atoms with Crippen LogP contribution in [-0.4, -0.2) is 31.5 Å². The van der Waals surface area contributed by atoms with Crippen LogP contribution in [-0.2, 0) is 4.79 Å². The molecular formula is C21H25Cl2N7O. The number of primary amides is 1. The molecule has 2 aromatic heterocycles. The zero-order valence-corrected chi connectivity index (χ0v) is 18.9. The van der Waals surface area contributed by atoms with Gasteiger partial charge in [0.15, 0.2) is 5.65 Å². The van der Waals surface area contributed by atoms with E-state index in [0.717, 1.165) is 31.3 Å². The summed E-state index contributed by atoms with van der Waals surface area (Å²) in [6, 6.07) is 5.59. The summed E-state index contributed by atoms with van der Waals surface area (Å²) in [7, 11) is 0. The van der Waals surface area contributed by atoms with E-state index in [4.69, 9.17) is 38.9 Å². The Bertz CT molecular complexity index is 1110. The van der Waals surface area contributed by atoms with Gasteiger partial charge in [-0.2, -0.15) is 4.98 Å². The number of aromatic nitrogens is 4. The first-order chi connectivity index (χ1) is 14.8. The Morgan fingerprint density at radius 1 is 1.19 bits per heavy atom. The van der Waals surface area contributed by atoms with Gasteiger partial charge in [0.2, 0.25) is 17.8 Å². The molecule has 1 aromatic carbocycles. The van der Waals surface area contributed by atoms with E-state index in [2.05, 4.69) is 20.2 Å². The fourth-order valence-electron chi connectivity index (χ4n) is 3.98. The van der Waals surface area contributed by atoms with E-state index in [9.17, 15) is 4.79 Å². The first kappa shape index (κ1) is 21.6. The molecule has 4 rings (SSSR count). The highest BCUT2D eigenvalue weighted by Gasteiger charge is 2.29. The standard InChI is InChI=1S/C21H25Cl2N7O/c1-11(2)26-20-25-10-17-19(29-20)30(14-6-3-12(4-7-14)18(24)31)21(28-17)27-16-8-5-13(22)9-15(16)23/h5,8-12,14H,3-4,6-7H2,1-2H3,(H2,24,31)(H,27,28)(H,25,26,29). The smallest absolute Gasteiger partial charge is 0.224 e. The average Bonchev–Trinajstić information content (AvgIpc) is 3.07. The normalized spacial score (nSPS) is 19.0. The number of fused-ring (bicyclic) bond motifs is 1. The maximum atomic E-state index is 11.6. The molecule has 0 radical (unpaired) electrons. The molecule has 1 saturated carbocycles. The van der Waals surface area contributed by atoms with Gasteiger partial charge in [-0.25, -0.2) is 9.97 Å². The monoisotopic (exact) mass is 461 g/mol. The number of nitrogens with two attached hydrogens (primary N) is 1. The third-order valence-electron chi connectivity index (χ3n) is 5.49. The van der Waals surface area contributed by atoms with Crippen molar-refractivity contribution in [2.45, 2.75) is 51.6 Å². The predicted octanol–water partition coefficient (Wildman–Crippen LogP) is 4.91. The average molecular weight is 462 g/mol. The fraction of sp³-hybridized carbons (Fsp3) is 0.429. The SMILES string of the molecule is CC(C)Nc1ncc2nc(Nc3ccc(Cl)cc3Cl)n(C3CCC(C(N)=O)CC3)c2n1. The largest absolute Gasteiger partial charge is 0.369 e. The second-order valence-corrected chi connectivity index (χ2v) is 9.01. The van der Waals surface area contributed by atoms with Crippen molar-refractivity contribution in [2.24, 2.45) is 11.7 Å². The summed E-state index contributed by atoms with van der Waals surface area (Å²) in [4.78, 5) is 25.5. The Hall–Kier alpha value is -2.58. The predicted molar refractivity (Wildman–Crippen MR) is 124 cm³/mol. The van der Waals surface area contributed by atoms with Gasteiger partial charge in [0, 0.05) is 23.0 Å². The molecule has 10 heteroatoms. The highest BCUT2D eigenvalue weighted by molar-refractivity contribution is 6.36. The van der Waals surface area contributed by atoms with Gasteiger partial charge in [0.1, 0.15) is 5.52 Å². The summed E-state index contributed by atoms with van der Waals surface area (Å²) >= 11 is 12.4. The van der Waals surface area contributed by atoms with Crippen molar-refractivity contribution in [3.8, 4) is 0 Å². The van der Waals surface area contributed by atoms with E-state index in [1.165, 1.54) is 0 Å². The molecule has 0 aliphatic heterocycles. The second kappa shape index (κ2) is 8.88. The van der Waals surface area contributed by atoms with E-state index in [1.54, 1.807) is 18.3 Å². The number of nitrogens with zero attached hydrogens (tertiary/aromatic N) is 4. The van der Waals surface area contributed by atoms with Crippen molar-refractivity contribution in [1.29, 1.82) is 0 Å². The number of anilines is 3. The number of amides is 1. The first-order valence-corrected chi connectivity index (χ1v) is 11.1. The van der Waals surface area contributed by atoms with Crippen LogP contribution in [0.2, 0.25) is 10.0 Å². The van der Waals surface area contributed by atoms with Gasteiger partial charge in [-0.1, -0.05) is 23.2 Å². The minimum absolute atomic E-state index is 0.0825. The number of imidazole rings is 1. The first-order valence-electron chi connectivity index (χ1n) is 10.3. The van der Waals surface area contributed by atoms with Gasteiger partial charge < -0.3 is 16.4 Å². The molecule has 0 atom stereocenters. The molecule has 3 aromatic rings. The number of benzene rings is 1. The Balaban J connectivity index is 1.75. The van der Waals surface area contributed by atoms with Gasteiger partial charge >= 0.3 is 0 Å². The molecule has 31 heavy (non-hydrogen) atoms. The Labute approximate surface area is 190 Å². The molecule has 4 N–H and O–H groups in total. The van der Waals surface area contributed by atoms with Crippen molar-refractivity contribution in [2.75, 3.05) is 10.6 Å². The van der Waals surface area contributed by atoms with Gasteiger partial charge in [0.05, 0.1) is 16.9 Å². The summed E-state index contributed by atoms with van der Waals surface area (Å²) in [6.07, 6.45) is 4.80. The number of nitrogens with one attached hydrogen (secondary N) is 2. The van der Waals surface area contributed by atoms with E-state index >= 15 is 0 Å². The summed E-state index contributed by atoms with van der Waals surface area (Å²) in [5, 5.41) is 7.63. The van der Waals surface area contributed by atoms with Crippen molar-refractivity contribution >= 4 is 57.9 Å². The molecule has 164 valence electrons. The molecule has 0 saturated heterocycles. The van der Waals surface area contributed by atoms with E-state index in [-0.39, 0.29) is 23.9 Å². The van der Waals surface area contributed by atoms with Crippen molar-refractivity contribution in [3.05, 3.63) is 34.4 Å². The van der Waals surface area contributed by atoms with Gasteiger partial charge in [0.25, 0.3) is 0 Å². The number of hydrogen-bond acceptors (Lipinski definition) is 6. The molecule has 1 aliphatic rings. The van der Waals surface area contributed by atoms with Gasteiger partial charge in [-0.15, -0.1) is 0 Å². The van der Waals surface area contributed by atoms with Crippen LogP contribution in [0.5, 0.6) is 0 Å². The van der Waals surface area contributed by atoms with Crippen LogP contribution < -0.4 is 16.4 Å². The molecule has 0 unspecified atom stereocenters. The highest BCUT2D eigenvalue weighted by Crippen LogP contribution is 2.38. The van der Waals surface area contributed by atoms with Crippen LogP contribution >= 0.6 is 23.2 Å². The van der Waals surface area contributed by atoms with Crippen molar-refractivity contribution in [3.63, 3.8) is 0 Å². The Morgan fingerprint density at radius 3 is 2.58 bits per heavy atom. The number of carbonyl (C=O) groups is 1. The maximum Gasteiger partial charge on any atom is 0.224 e. The van der Waals surface area contributed by atoms with Crippen LogP contribution in [0.1, 0.15) is 45.6 Å². The summed E-state index contributed by atoms with van der Waals surface area (Å²) < 4.78 is 2.09. The molecule has 0 spiro atoms. The number of rotatable bonds is 6. The zero-order valence-electron chi connectivity index (χ0n) is 17.4. The number of carbonyl (C=O) groups excluding carboxylic acids is 1. The van der Waals surface area contributed by atoms with Crippen LogP contribution in [0.3, 0.4) is 0 Å². The summed E-state index contributed by atoms with van der Waals surface area (Å²) in [5.74, 6) is 0.857. The zero-order chi connectivity index (χ0) is 22.1. The topological polar surface area (TPSA) is 111 Å². The van der Waals surface area contributed by atoms with Crippen molar-refractivity contribution < 1.29 is 4.79 Å². The van der Waals surface area contributed by atoms with Crippen LogP contribution in [0.4, 0.5) is 17.6 Å². The van der Waals surface area contributed by atoms with E-state index in [1.807, 2.05) is 19.9 Å². The summed E-state index contributed by atoms with van der Waals surface area (Å²) in [6.45, 7) is 4.07. The third kappa shape index (κ3) is 4.70. The maximum absolute atomic E-state index is 11.6. The Morgan fingerprint density at radius 2 is 1.94 bits per heavy atom. The minimum Gasteiger partial charge on any atom is -0.369 e. The lowest BCUT2D eigenvalue weighted by Gasteiger charge is -2.29. The molecule has 0 bridgehead atoms. The van der Waals surface area contributed by atoms with Crippen molar-refractivity contribution in [1.82, 2.24) is 19.5 Å². The lowest BCUT2D eigenvalue weighted by Crippen LogP contribution is -2.28. The molecule has 2 heterocycles. The lowest BCUT2D eigenvalue weighted by molar-refractivity contribution is -0.122. The third-order valence-corrected chi connectivity index (χ3v) is 6.04. The molecule has 1 amide bonds. The molecular weight excluding hydrogens is 437 g/mol. The number of hydrogen-bond donors (Lipinski definition) is 3. The molecule has 1 fully saturated rings. The second-order valence-electron chi connectivity index (χ2n) is 8.16. The lowest BCUT2D eigenvalue weighted by atomic mass is 9.85. The molecule has 1 aliphatic carbocycles. The van der Waals surface area contributed by atoms with E-state index < -0.39 is 0 Å². The van der Waals surface area contributed by atoms with Crippen LogP contribution in [0.25, 0.3) is 11.2 Å². The fourth-order valence-corrected chi connectivity index (χ4v) is 4.44. The molecule has 8 nitrogen and oxygen atoms in total. The number of halogens is 2. The van der Waals surface area contributed by atoms with E-state index in [0.29, 0.717) is 33.1 Å². The van der Waals surface area contributed by atoms with Crippen LogP contribution in [0.15, 0.2) is 24.4 Å². The van der Waals surface area contributed by atoms with Gasteiger partial charge in [-0.3, -0.25) is 9.36 Å². The van der Waals surface area contributed by atoms with Crippen LogP contribution in [0, 0.1) is 5.92 Å². The summed E-state index contributed by atoms with van der Waals surface area (Å²) in [5.41, 5.74) is 7.63. The quantitative estimate of drug-likeness (QED) is 0.480. The Kier molecular flexibility index (Phi) is 6.20. The van der Waals surface area contributed by atoms with Gasteiger partial charge in [-0.05, 0) is 57.7 Å². The minimum atomic E-state index is -0.231. The highest BCUT2D eigenvalue weighted by atomic mass is 35.5.